The summed E-state index contributed by atoms with van der Waals surface area (Å²) in [7, 11) is -2.85. The molecule has 4 nitrogen and oxygen atoms in total. The molecule has 0 aromatic heterocycles. The van der Waals surface area contributed by atoms with E-state index in [-0.39, 0.29) is 22.7 Å². The highest BCUT2D eigenvalue weighted by Gasteiger charge is 2.28. The van der Waals surface area contributed by atoms with E-state index in [2.05, 4.69) is 24.4 Å². The van der Waals surface area contributed by atoms with Crippen molar-refractivity contribution in [1.29, 1.82) is 0 Å². The van der Waals surface area contributed by atoms with E-state index in [4.69, 9.17) is 0 Å². The van der Waals surface area contributed by atoms with Crippen molar-refractivity contribution in [3.63, 3.8) is 0 Å². The highest BCUT2D eigenvalue weighted by molar-refractivity contribution is 8.02. The molecule has 1 aromatic rings. The van der Waals surface area contributed by atoms with E-state index in [1.807, 2.05) is 18.2 Å². The molecule has 0 unspecified atom stereocenters. The molecular weight excluding hydrogens is 318 g/mol. The van der Waals surface area contributed by atoms with Gasteiger partial charge >= 0.3 is 0 Å². The maximum absolute atomic E-state index is 11.8. The summed E-state index contributed by atoms with van der Waals surface area (Å²) in [6.45, 7) is 2.80. The summed E-state index contributed by atoms with van der Waals surface area (Å²) < 4.78 is 22.7. The number of benzene rings is 1. The molecule has 1 saturated heterocycles. The lowest BCUT2D eigenvalue weighted by Gasteiger charge is -2.13. The molecule has 0 aliphatic carbocycles. The summed E-state index contributed by atoms with van der Waals surface area (Å²) >= 11 is 1.46. The maximum Gasteiger partial charge on any atom is 0.230 e. The minimum Gasteiger partial charge on any atom is -0.355 e. The molecule has 2 rings (SSSR count). The molecule has 6 heteroatoms. The van der Waals surface area contributed by atoms with Crippen LogP contribution in [0.2, 0.25) is 0 Å². The van der Waals surface area contributed by atoms with Crippen LogP contribution in [-0.4, -0.2) is 43.4 Å². The smallest absolute Gasteiger partial charge is 0.230 e. The van der Waals surface area contributed by atoms with Crippen LogP contribution in [0.3, 0.4) is 0 Å². The first-order valence-corrected chi connectivity index (χ1v) is 10.5. The quantitative estimate of drug-likeness (QED) is 0.826. The Balaban J connectivity index is 1.62. The van der Waals surface area contributed by atoms with E-state index in [1.165, 1.54) is 17.3 Å². The normalized spacial score (nSPS) is 21.4. The largest absolute Gasteiger partial charge is 0.355 e. The molecule has 22 heavy (non-hydrogen) atoms. The number of rotatable bonds is 7. The fourth-order valence-electron chi connectivity index (χ4n) is 2.51. The van der Waals surface area contributed by atoms with Crippen LogP contribution in [0.25, 0.3) is 0 Å². The number of amides is 1. The van der Waals surface area contributed by atoms with E-state index in [9.17, 15) is 13.2 Å². The van der Waals surface area contributed by atoms with Gasteiger partial charge in [-0.3, -0.25) is 4.79 Å². The average molecular weight is 341 g/mol. The molecule has 0 radical (unpaired) electrons. The van der Waals surface area contributed by atoms with Crippen molar-refractivity contribution in [2.45, 2.75) is 30.9 Å². The average Bonchev–Trinajstić information content (AvgIpc) is 2.85. The molecule has 122 valence electrons. The molecule has 1 amide bonds. The second-order valence-electron chi connectivity index (χ2n) is 5.79. The van der Waals surface area contributed by atoms with Gasteiger partial charge in [0.25, 0.3) is 0 Å². The Morgan fingerprint density at radius 2 is 2.09 bits per heavy atom. The van der Waals surface area contributed by atoms with Crippen LogP contribution < -0.4 is 5.32 Å². The molecule has 0 saturated carbocycles. The van der Waals surface area contributed by atoms with Gasteiger partial charge in [0.15, 0.2) is 9.84 Å². The second kappa shape index (κ2) is 8.02. The van der Waals surface area contributed by atoms with Gasteiger partial charge in [-0.2, -0.15) is 0 Å². The van der Waals surface area contributed by atoms with Crippen molar-refractivity contribution in [3.8, 4) is 0 Å². The van der Waals surface area contributed by atoms with Gasteiger partial charge in [0.2, 0.25) is 5.91 Å². The number of carbonyl (C=O) groups is 1. The van der Waals surface area contributed by atoms with Crippen molar-refractivity contribution in [3.05, 3.63) is 35.9 Å². The zero-order chi connectivity index (χ0) is 16.0. The van der Waals surface area contributed by atoms with Crippen LogP contribution in [0.5, 0.6) is 0 Å². The number of hydrogen-bond donors (Lipinski definition) is 1. The van der Waals surface area contributed by atoms with Crippen molar-refractivity contribution in [2.75, 3.05) is 23.8 Å². The lowest BCUT2D eigenvalue weighted by atomic mass is 9.98. The van der Waals surface area contributed by atoms with Crippen LogP contribution >= 0.6 is 11.8 Å². The molecule has 1 fully saturated rings. The SMILES string of the molecule is C[C@@H](CCNC(=O)CS[C@H]1CCS(=O)(=O)C1)c1ccccc1. The molecular formula is C16H23NO3S2. The van der Waals surface area contributed by atoms with Gasteiger partial charge in [0, 0.05) is 11.8 Å². The molecule has 1 N–H and O–H groups in total. The predicted octanol–water partition coefficient (Wildman–Crippen LogP) is 2.22. The van der Waals surface area contributed by atoms with Crippen LogP contribution in [0.1, 0.15) is 31.2 Å². The lowest BCUT2D eigenvalue weighted by Crippen LogP contribution is -2.27. The zero-order valence-electron chi connectivity index (χ0n) is 12.8. The fraction of sp³-hybridized carbons (Fsp3) is 0.562. The molecule has 1 aliphatic heterocycles. The first-order chi connectivity index (χ1) is 10.5. The molecule has 0 spiro atoms. The summed E-state index contributed by atoms with van der Waals surface area (Å²) in [5, 5.41) is 3.00. The van der Waals surface area contributed by atoms with Crippen molar-refractivity contribution in [1.82, 2.24) is 5.32 Å². The molecule has 1 heterocycles. The standard InChI is InChI=1S/C16H23NO3S2/c1-13(14-5-3-2-4-6-14)7-9-17-16(18)11-21-15-8-10-22(19,20)12-15/h2-6,13,15H,7-12H2,1H3,(H,17,18)/t13-,15-/m0/s1. The van der Waals surface area contributed by atoms with Crippen molar-refractivity contribution >= 4 is 27.5 Å². The Bertz CT molecular complexity index is 587. The summed E-state index contributed by atoms with van der Waals surface area (Å²) in [5.41, 5.74) is 1.28. The Hall–Kier alpha value is -1.01. The predicted molar refractivity (Wildman–Crippen MR) is 92.0 cm³/mol. The molecule has 0 bridgehead atoms. The van der Waals surface area contributed by atoms with E-state index in [0.717, 1.165) is 6.42 Å². The van der Waals surface area contributed by atoms with E-state index < -0.39 is 9.84 Å². The highest BCUT2D eigenvalue weighted by Crippen LogP contribution is 2.24. The van der Waals surface area contributed by atoms with Gasteiger partial charge in [-0.05, 0) is 24.3 Å². The van der Waals surface area contributed by atoms with Gasteiger partial charge < -0.3 is 5.32 Å². The fourth-order valence-corrected chi connectivity index (χ4v) is 5.99. The Labute approximate surface area is 137 Å². The number of hydrogen-bond acceptors (Lipinski definition) is 4. The third-order valence-corrected chi connectivity index (χ3v) is 7.19. The Kier molecular flexibility index (Phi) is 6.32. The lowest BCUT2D eigenvalue weighted by molar-refractivity contribution is -0.118. The first kappa shape index (κ1) is 17.3. The van der Waals surface area contributed by atoms with Crippen LogP contribution in [0.4, 0.5) is 0 Å². The monoisotopic (exact) mass is 341 g/mol. The van der Waals surface area contributed by atoms with Crippen molar-refractivity contribution < 1.29 is 13.2 Å². The van der Waals surface area contributed by atoms with Gasteiger partial charge in [0.05, 0.1) is 17.3 Å². The molecule has 1 aromatic carbocycles. The van der Waals surface area contributed by atoms with Crippen LogP contribution in [0, 0.1) is 0 Å². The number of nitrogens with one attached hydrogen (secondary N) is 1. The summed E-state index contributed by atoms with van der Waals surface area (Å²) in [6, 6.07) is 10.2. The third kappa shape index (κ3) is 5.65. The Morgan fingerprint density at radius 1 is 1.36 bits per heavy atom. The number of thioether (sulfide) groups is 1. The highest BCUT2D eigenvalue weighted by atomic mass is 32.2. The molecule has 2 atom stereocenters. The number of carbonyl (C=O) groups excluding carboxylic acids is 1. The van der Waals surface area contributed by atoms with Gasteiger partial charge in [-0.25, -0.2) is 8.42 Å². The van der Waals surface area contributed by atoms with E-state index >= 15 is 0 Å². The second-order valence-corrected chi connectivity index (χ2v) is 9.30. The third-order valence-electron chi connectivity index (χ3n) is 3.91. The van der Waals surface area contributed by atoms with E-state index in [0.29, 0.717) is 24.6 Å². The zero-order valence-corrected chi connectivity index (χ0v) is 14.5. The first-order valence-electron chi connectivity index (χ1n) is 7.60. The van der Waals surface area contributed by atoms with Gasteiger partial charge in [-0.15, -0.1) is 11.8 Å². The van der Waals surface area contributed by atoms with Crippen LogP contribution in [-0.2, 0) is 14.6 Å². The Morgan fingerprint density at radius 3 is 2.73 bits per heavy atom. The van der Waals surface area contributed by atoms with Gasteiger partial charge in [-0.1, -0.05) is 37.3 Å². The van der Waals surface area contributed by atoms with Gasteiger partial charge in [0.1, 0.15) is 0 Å². The van der Waals surface area contributed by atoms with Crippen molar-refractivity contribution in [2.24, 2.45) is 0 Å². The summed E-state index contributed by atoms with van der Waals surface area (Å²) in [6.07, 6.45) is 1.57. The summed E-state index contributed by atoms with van der Waals surface area (Å²) in [5.74, 6) is 1.24. The topological polar surface area (TPSA) is 63.2 Å². The maximum atomic E-state index is 11.8. The number of sulfone groups is 1. The summed E-state index contributed by atoms with van der Waals surface area (Å²) in [4.78, 5) is 11.8. The minimum atomic E-state index is -2.85. The molecule has 1 aliphatic rings. The van der Waals surface area contributed by atoms with Crippen LogP contribution in [0.15, 0.2) is 30.3 Å². The minimum absolute atomic E-state index is 0.00504. The van der Waals surface area contributed by atoms with E-state index in [1.54, 1.807) is 0 Å².